The third kappa shape index (κ3) is 4.19. The zero-order chi connectivity index (χ0) is 22.9. The van der Waals surface area contributed by atoms with E-state index < -0.39 is 0 Å². The summed E-state index contributed by atoms with van der Waals surface area (Å²) in [4.78, 5) is 12.9. The molecule has 0 bridgehead atoms. The van der Waals surface area contributed by atoms with Crippen LogP contribution in [0, 0.1) is 0 Å². The van der Waals surface area contributed by atoms with Crippen LogP contribution < -0.4 is 19.6 Å². The molecule has 0 radical (unpaired) electrons. The molecule has 34 heavy (non-hydrogen) atoms. The van der Waals surface area contributed by atoms with E-state index in [2.05, 4.69) is 73.3 Å². The normalized spacial score (nSPS) is 19.3. The lowest BCUT2D eigenvalue weighted by molar-refractivity contribution is 0.122. The monoisotopic (exact) mass is 479 g/mol. The van der Waals surface area contributed by atoms with Crippen LogP contribution in [0.1, 0.15) is 0 Å². The maximum Gasteiger partial charge on any atom is 0.0949 e. The number of morpholine rings is 2. The van der Waals surface area contributed by atoms with Gasteiger partial charge < -0.3 is 34.1 Å². The highest BCUT2D eigenvalue weighted by Crippen LogP contribution is 2.35. The van der Waals surface area contributed by atoms with Crippen LogP contribution in [0.25, 0.3) is 10.9 Å². The zero-order valence-electron chi connectivity index (χ0n) is 19.3. The molecule has 3 aliphatic heterocycles. The number of fused-ring (bicyclic) bond motifs is 1. The quantitative estimate of drug-likeness (QED) is 0.602. The Morgan fingerprint density at radius 2 is 1.44 bits per heavy atom. The van der Waals surface area contributed by atoms with Gasteiger partial charge in [-0.05, 0) is 30.3 Å². The summed E-state index contributed by atoms with van der Waals surface area (Å²) in [5.74, 6) is 0. The van der Waals surface area contributed by atoms with Crippen LogP contribution in [-0.2, 0) is 9.47 Å². The Morgan fingerprint density at radius 3 is 2.12 bits per heavy atom. The predicted molar refractivity (Wildman–Crippen MR) is 140 cm³/mol. The van der Waals surface area contributed by atoms with Crippen LogP contribution in [0.2, 0.25) is 5.02 Å². The lowest BCUT2D eigenvalue weighted by Gasteiger charge is -2.37. The molecule has 0 amide bonds. The predicted octanol–water partition coefficient (Wildman–Crippen LogP) is 4.29. The molecule has 0 spiro atoms. The van der Waals surface area contributed by atoms with Gasteiger partial charge in [0.25, 0.3) is 0 Å². The van der Waals surface area contributed by atoms with Crippen LogP contribution in [0.15, 0.2) is 54.9 Å². The van der Waals surface area contributed by atoms with Crippen molar-refractivity contribution in [1.82, 2.24) is 4.98 Å². The highest BCUT2D eigenvalue weighted by Gasteiger charge is 2.22. The van der Waals surface area contributed by atoms with E-state index in [0.717, 1.165) is 87.4 Å². The number of aromatic amines is 1. The van der Waals surface area contributed by atoms with E-state index >= 15 is 0 Å². The van der Waals surface area contributed by atoms with Crippen LogP contribution in [0.4, 0.5) is 22.7 Å². The minimum atomic E-state index is 0.759. The van der Waals surface area contributed by atoms with Crippen molar-refractivity contribution in [2.45, 2.75) is 0 Å². The Labute approximate surface area is 205 Å². The van der Waals surface area contributed by atoms with E-state index in [1.807, 2.05) is 6.20 Å². The smallest absolute Gasteiger partial charge is 0.0949 e. The number of anilines is 4. The highest BCUT2D eigenvalue weighted by atomic mass is 35.5. The number of ether oxygens (including phenoxy) is 2. The minimum Gasteiger partial charge on any atom is -0.378 e. The third-order valence-electron chi connectivity index (χ3n) is 6.89. The first-order valence-corrected chi connectivity index (χ1v) is 12.4. The Kier molecular flexibility index (Phi) is 5.99. The van der Waals surface area contributed by atoms with Gasteiger partial charge in [0.2, 0.25) is 0 Å². The number of nitrogens with zero attached hydrogens (tertiary/aromatic N) is 4. The summed E-state index contributed by atoms with van der Waals surface area (Å²) in [5.41, 5.74) is 5.95. The molecule has 7 nitrogen and oxygen atoms in total. The Hall–Kier alpha value is -2.87. The van der Waals surface area contributed by atoms with E-state index in [0.29, 0.717) is 0 Å². The van der Waals surface area contributed by atoms with Crippen LogP contribution in [0.3, 0.4) is 0 Å². The SMILES string of the molecule is Clc1c[nH]c2c(N3CC=CN(c4cc(N5CCOCC5)cc(N5CCOCC5)c4)C3)cccc12. The second-order valence-electron chi connectivity index (χ2n) is 8.96. The molecule has 1 aromatic heterocycles. The van der Waals surface area contributed by atoms with Crippen molar-refractivity contribution in [3.8, 4) is 0 Å². The number of para-hydroxylation sites is 1. The van der Waals surface area contributed by atoms with Crippen LogP contribution >= 0.6 is 11.6 Å². The van der Waals surface area contributed by atoms with Gasteiger partial charge in [0.15, 0.2) is 0 Å². The van der Waals surface area contributed by atoms with Gasteiger partial charge in [-0.15, -0.1) is 0 Å². The first-order chi connectivity index (χ1) is 16.8. The van der Waals surface area contributed by atoms with Crippen molar-refractivity contribution >= 4 is 45.3 Å². The third-order valence-corrected chi connectivity index (χ3v) is 7.20. The standard InChI is InChI=1S/C26H30ClN5O2/c27-24-18-28-26-23(24)3-1-4-25(26)32-6-2-5-31(19-32)22-16-20(29-7-11-33-12-8-29)15-21(17-22)30-9-13-34-14-10-30/h1-5,15-18,28H,6-14,19H2. The fourth-order valence-corrected chi connectivity index (χ4v) is 5.27. The lowest BCUT2D eigenvalue weighted by atomic mass is 10.1. The molecule has 2 fully saturated rings. The maximum absolute atomic E-state index is 6.39. The van der Waals surface area contributed by atoms with Crippen molar-refractivity contribution in [2.24, 2.45) is 0 Å². The fraction of sp³-hybridized carbons (Fsp3) is 0.385. The number of aromatic nitrogens is 1. The van der Waals surface area contributed by atoms with Gasteiger partial charge in [-0.3, -0.25) is 0 Å². The number of hydrogen-bond donors (Lipinski definition) is 1. The molecule has 0 saturated carbocycles. The van der Waals surface area contributed by atoms with Crippen molar-refractivity contribution in [2.75, 3.05) is 85.4 Å². The van der Waals surface area contributed by atoms with Crippen LogP contribution in [-0.4, -0.2) is 70.8 Å². The van der Waals surface area contributed by atoms with E-state index in [4.69, 9.17) is 21.1 Å². The summed E-state index contributed by atoms with van der Waals surface area (Å²) in [6.45, 7) is 8.40. The Morgan fingerprint density at radius 1 is 0.794 bits per heavy atom. The Bertz CT molecular complexity index is 1150. The molecule has 0 atom stereocenters. The number of halogens is 1. The van der Waals surface area contributed by atoms with Crippen molar-refractivity contribution < 1.29 is 9.47 Å². The highest BCUT2D eigenvalue weighted by molar-refractivity contribution is 6.35. The average molecular weight is 480 g/mol. The van der Waals surface area contributed by atoms with Gasteiger partial charge in [0, 0.05) is 67.6 Å². The van der Waals surface area contributed by atoms with E-state index in [9.17, 15) is 0 Å². The molecule has 3 aromatic rings. The summed E-state index contributed by atoms with van der Waals surface area (Å²) in [5, 5.41) is 1.82. The number of H-pyrrole nitrogens is 1. The molecule has 6 rings (SSSR count). The molecular formula is C26H30ClN5O2. The van der Waals surface area contributed by atoms with E-state index in [-0.39, 0.29) is 0 Å². The van der Waals surface area contributed by atoms with Gasteiger partial charge >= 0.3 is 0 Å². The minimum absolute atomic E-state index is 0.759. The fourth-order valence-electron chi connectivity index (χ4n) is 5.05. The van der Waals surface area contributed by atoms with E-state index in [1.165, 1.54) is 17.1 Å². The summed E-state index contributed by atoms with van der Waals surface area (Å²) < 4.78 is 11.2. The summed E-state index contributed by atoms with van der Waals surface area (Å²) in [6.07, 6.45) is 6.30. The van der Waals surface area contributed by atoms with Crippen molar-refractivity contribution in [3.63, 3.8) is 0 Å². The molecule has 4 heterocycles. The number of hydrogen-bond acceptors (Lipinski definition) is 6. The first-order valence-electron chi connectivity index (χ1n) is 12.0. The number of nitrogens with one attached hydrogen (secondary N) is 1. The maximum atomic E-state index is 6.39. The second-order valence-corrected chi connectivity index (χ2v) is 9.37. The summed E-state index contributed by atoms with van der Waals surface area (Å²) in [6, 6.07) is 13.3. The van der Waals surface area contributed by atoms with Gasteiger partial charge in [-0.2, -0.15) is 0 Å². The van der Waals surface area contributed by atoms with Gasteiger partial charge in [0.1, 0.15) is 0 Å². The number of rotatable bonds is 4. The average Bonchev–Trinajstić information content (AvgIpc) is 3.30. The largest absolute Gasteiger partial charge is 0.378 e. The number of benzene rings is 2. The molecule has 2 aromatic carbocycles. The molecule has 1 N–H and O–H groups in total. The van der Waals surface area contributed by atoms with Crippen molar-refractivity contribution in [3.05, 3.63) is 59.9 Å². The van der Waals surface area contributed by atoms with E-state index in [1.54, 1.807) is 0 Å². The Balaban J connectivity index is 1.33. The van der Waals surface area contributed by atoms with Crippen molar-refractivity contribution in [1.29, 1.82) is 0 Å². The van der Waals surface area contributed by atoms with Crippen LogP contribution in [0.5, 0.6) is 0 Å². The summed E-state index contributed by atoms with van der Waals surface area (Å²) >= 11 is 6.39. The van der Waals surface area contributed by atoms with Gasteiger partial charge in [-0.25, -0.2) is 0 Å². The molecule has 3 aliphatic rings. The van der Waals surface area contributed by atoms with Gasteiger partial charge in [0.05, 0.1) is 49.3 Å². The summed E-state index contributed by atoms with van der Waals surface area (Å²) in [7, 11) is 0. The molecule has 178 valence electrons. The second kappa shape index (κ2) is 9.41. The zero-order valence-corrected chi connectivity index (χ0v) is 20.0. The molecule has 8 heteroatoms. The molecular weight excluding hydrogens is 450 g/mol. The lowest BCUT2D eigenvalue weighted by Crippen LogP contribution is -2.40. The topological polar surface area (TPSA) is 47.2 Å². The first kappa shape index (κ1) is 21.6. The molecule has 2 saturated heterocycles. The molecule has 0 aliphatic carbocycles. The molecule has 0 unspecified atom stereocenters. The van der Waals surface area contributed by atoms with Gasteiger partial charge in [-0.1, -0.05) is 23.7 Å².